The van der Waals surface area contributed by atoms with E-state index in [0.29, 0.717) is 5.02 Å². The second kappa shape index (κ2) is 5.18. The molecule has 0 atom stereocenters. The minimum absolute atomic E-state index is 0.710. The van der Waals surface area contributed by atoms with Gasteiger partial charge in [0.15, 0.2) is 0 Å². The van der Waals surface area contributed by atoms with E-state index < -0.39 is 0 Å². The molecule has 1 aromatic carbocycles. The van der Waals surface area contributed by atoms with Crippen LogP contribution in [0.25, 0.3) is 27.8 Å². The number of aromatic nitrogens is 3. The fourth-order valence-corrected chi connectivity index (χ4v) is 3.12. The summed E-state index contributed by atoms with van der Waals surface area (Å²) in [6.45, 7) is 3.25. The van der Waals surface area contributed by atoms with E-state index in [1.807, 2.05) is 28.9 Å². The molecular formula is C18H16ClN3. The predicted molar refractivity (Wildman–Crippen MR) is 91.4 cm³/mol. The van der Waals surface area contributed by atoms with Gasteiger partial charge in [-0.3, -0.25) is 4.40 Å². The number of nitrogens with zero attached hydrogens (tertiary/aromatic N) is 3. The van der Waals surface area contributed by atoms with Gasteiger partial charge in [-0.15, -0.1) is 0 Å². The van der Waals surface area contributed by atoms with Crippen molar-refractivity contribution in [3.05, 3.63) is 60.0 Å². The fourth-order valence-electron chi connectivity index (χ4n) is 2.96. The molecule has 22 heavy (non-hydrogen) atoms. The third kappa shape index (κ3) is 2.09. The molecule has 0 bridgehead atoms. The summed E-state index contributed by atoms with van der Waals surface area (Å²) in [6, 6.07) is 12.5. The maximum absolute atomic E-state index is 6.12. The molecule has 0 N–H and O–H groups in total. The van der Waals surface area contributed by atoms with Crippen molar-refractivity contribution < 1.29 is 0 Å². The van der Waals surface area contributed by atoms with Crippen LogP contribution >= 0.6 is 11.6 Å². The molecule has 0 aliphatic carbocycles. The maximum Gasteiger partial charge on any atom is 0.137 e. The van der Waals surface area contributed by atoms with E-state index in [0.717, 1.165) is 29.9 Å². The van der Waals surface area contributed by atoms with E-state index in [9.17, 15) is 0 Å². The van der Waals surface area contributed by atoms with Crippen molar-refractivity contribution in [2.75, 3.05) is 0 Å². The molecule has 110 valence electrons. The highest BCUT2D eigenvalue weighted by molar-refractivity contribution is 6.30. The standard InChI is InChI=1S/C18H16ClN3/c1-2-8-21-9-7-14-10-13(3-5-16(14)21)17-11-20-18-6-4-15(19)12-22(17)18/h3-7,9-12H,2,8H2,1H3. The highest BCUT2D eigenvalue weighted by Crippen LogP contribution is 2.27. The molecule has 0 radical (unpaired) electrons. The van der Waals surface area contributed by atoms with Crippen molar-refractivity contribution >= 4 is 28.2 Å². The number of imidazole rings is 1. The molecule has 0 unspecified atom stereocenters. The number of fused-ring (bicyclic) bond motifs is 2. The summed E-state index contributed by atoms with van der Waals surface area (Å²) in [5.74, 6) is 0. The Kier molecular flexibility index (Phi) is 3.16. The number of aryl methyl sites for hydroxylation is 1. The molecule has 4 heteroatoms. The van der Waals surface area contributed by atoms with Crippen LogP contribution in [0.15, 0.2) is 55.0 Å². The van der Waals surface area contributed by atoms with Gasteiger partial charge in [0.25, 0.3) is 0 Å². The highest BCUT2D eigenvalue weighted by atomic mass is 35.5. The molecule has 0 aliphatic rings. The highest BCUT2D eigenvalue weighted by Gasteiger charge is 2.08. The number of hydrogen-bond acceptors (Lipinski definition) is 1. The van der Waals surface area contributed by atoms with Crippen LogP contribution in [0.5, 0.6) is 0 Å². The second-order valence-electron chi connectivity index (χ2n) is 5.50. The third-order valence-electron chi connectivity index (χ3n) is 4.00. The van der Waals surface area contributed by atoms with Crippen LogP contribution in [0.1, 0.15) is 13.3 Å². The Bertz CT molecular complexity index is 965. The van der Waals surface area contributed by atoms with Gasteiger partial charge in [0.1, 0.15) is 5.65 Å². The zero-order valence-corrected chi connectivity index (χ0v) is 13.1. The van der Waals surface area contributed by atoms with Gasteiger partial charge in [-0.05, 0) is 36.8 Å². The van der Waals surface area contributed by atoms with Crippen molar-refractivity contribution in [1.82, 2.24) is 14.0 Å². The Morgan fingerprint density at radius 3 is 2.91 bits per heavy atom. The van der Waals surface area contributed by atoms with Crippen LogP contribution in [0.3, 0.4) is 0 Å². The number of rotatable bonds is 3. The van der Waals surface area contributed by atoms with Crippen LogP contribution in [0.4, 0.5) is 0 Å². The molecule has 3 nitrogen and oxygen atoms in total. The molecule has 0 aliphatic heterocycles. The Labute approximate surface area is 133 Å². The summed E-state index contributed by atoms with van der Waals surface area (Å²) in [4.78, 5) is 4.45. The SMILES string of the molecule is CCCn1ccc2cc(-c3cnc4ccc(Cl)cn34)ccc21. The first-order valence-corrected chi connectivity index (χ1v) is 7.86. The molecule has 3 heterocycles. The van der Waals surface area contributed by atoms with Gasteiger partial charge in [-0.25, -0.2) is 4.98 Å². The van der Waals surface area contributed by atoms with Gasteiger partial charge in [-0.1, -0.05) is 24.6 Å². The zero-order chi connectivity index (χ0) is 15.1. The van der Waals surface area contributed by atoms with Crippen molar-refractivity contribution in [3.63, 3.8) is 0 Å². The average Bonchev–Trinajstić information content (AvgIpc) is 3.11. The first kappa shape index (κ1) is 13.4. The van der Waals surface area contributed by atoms with Gasteiger partial charge < -0.3 is 4.57 Å². The first-order chi connectivity index (χ1) is 10.8. The normalized spacial score (nSPS) is 11.5. The quantitative estimate of drug-likeness (QED) is 0.521. The lowest BCUT2D eigenvalue weighted by molar-refractivity contribution is 0.703. The summed E-state index contributed by atoms with van der Waals surface area (Å²) in [7, 11) is 0. The monoisotopic (exact) mass is 309 g/mol. The summed E-state index contributed by atoms with van der Waals surface area (Å²) < 4.78 is 4.33. The van der Waals surface area contributed by atoms with E-state index in [2.05, 4.69) is 46.9 Å². The topological polar surface area (TPSA) is 22.2 Å². The molecule has 0 saturated heterocycles. The predicted octanol–water partition coefficient (Wildman–Crippen LogP) is 5.02. The number of benzene rings is 1. The Balaban J connectivity index is 1.87. The molecule has 4 rings (SSSR count). The molecular weight excluding hydrogens is 294 g/mol. The van der Waals surface area contributed by atoms with Crippen molar-refractivity contribution in [2.24, 2.45) is 0 Å². The van der Waals surface area contributed by atoms with Crippen molar-refractivity contribution in [3.8, 4) is 11.3 Å². The largest absolute Gasteiger partial charge is 0.347 e. The van der Waals surface area contributed by atoms with Crippen LogP contribution in [0.2, 0.25) is 5.02 Å². The molecule has 0 saturated carbocycles. The average molecular weight is 310 g/mol. The van der Waals surface area contributed by atoms with Crippen LogP contribution in [0, 0.1) is 0 Å². The van der Waals surface area contributed by atoms with Gasteiger partial charge >= 0.3 is 0 Å². The summed E-state index contributed by atoms with van der Waals surface area (Å²) >= 11 is 6.12. The lowest BCUT2D eigenvalue weighted by Crippen LogP contribution is -1.93. The van der Waals surface area contributed by atoms with E-state index in [1.165, 1.54) is 10.9 Å². The second-order valence-corrected chi connectivity index (χ2v) is 5.94. The summed E-state index contributed by atoms with van der Waals surface area (Å²) in [6.07, 6.45) is 7.10. The summed E-state index contributed by atoms with van der Waals surface area (Å²) in [5, 5.41) is 1.96. The fraction of sp³-hybridized carbons (Fsp3) is 0.167. The molecule has 0 amide bonds. The van der Waals surface area contributed by atoms with E-state index in [1.54, 1.807) is 0 Å². The Hall–Kier alpha value is -2.26. The number of halogens is 1. The number of pyridine rings is 1. The smallest absolute Gasteiger partial charge is 0.137 e. The molecule has 3 aromatic heterocycles. The molecule has 0 spiro atoms. The van der Waals surface area contributed by atoms with Crippen LogP contribution in [-0.2, 0) is 6.54 Å². The Morgan fingerprint density at radius 2 is 2.05 bits per heavy atom. The van der Waals surface area contributed by atoms with Gasteiger partial charge in [0.05, 0.1) is 16.9 Å². The Morgan fingerprint density at radius 1 is 1.14 bits per heavy atom. The van der Waals surface area contributed by atoms with Crippen molar-refractivity contribution in [1.29, 1.82) is 0 Å². The van der Waals surface area contributed by atoms with Gasteiger partial charge in [-0.2, -0.15) is 0 Å². The minimum atomic E-state index is 0.710. The zero-order valence-electron chi connectivity index (χ0n) is 12.3. The lowest BCUT2D eigenvalue weighted by atomic mass is 10.1. The van der Waals surface area contributed by atoms with Crippen LogP contribution < -0.4 is 0 Å². The third-order valence-corrected chi connectivity index (χ3v) is 4.22. The molecule has 4 aromatic rings. The maximum atomic E-state index is 6.12. The first-order valence-electron chi connectivity index (χ1n) is 7.48. The van der Waals surface area contributed by atoms with Gasteiger partial charge in [0, 0.05) is 35.4 Å². The van der Waals surface area contributed by atoms with E-state index in [4.69, 9.17) is 11.6 Å². The van der Waals surface area contributed by atoms with Crippen LogP contribution in [-0.4, -0.2) is 14.0 Å². The van der Waals surface area contributed by atoms with Gasteiger partial charge in [0.2, 0.25) is 0 Å². The summed E-state index contributed by atoms with van der Waals surface area (Å²) in [5.41, 5.74) is 4.39. The molecule has 0 fully saturated rings. The minimum Gasteiger partial charge on any atom is -0.347 e. The van der Waals surface area contributed by atoms with Crippen molar-refractivity contribution in [2.45, 2.75) is 19.9 Å². The van der Waals surface area contributed by atoms with E-state index in [-0.39, 0.29) is 0 Å². The lowest BCUT2D eigenvalue weighted by Gasteiger charge is -2.05. The van der Waals surface area contributed by atoms with E-state index >= 15 is 0 Å². The number of hydrogen-bond donors (Lipinski definition) is 0.